The molecular weight excluding hydrogens is 274 g/mol. The Balaban J connectivity index is 0.00000289. The van der Waals surface area contributed by atoms with Gasteiger partial charge < -0.3 is 16.4 Å². The van der Waals surface area contributed by atoms with Crippen molar-refractivity contribution in [2.24, 2.45) is 5.73 Å². The lowest BCUT2D eigenvalue weighted by atomic mass is 10.2. The first kappa shape index (κ1) is 17.5. The van der Waals surface area contributed by atoms with Crippen LogP contribution in [-0.2, 0) is 9.59 Å². The van der Waals surface area contributed by atoms with Crippen molar-refractivity contribution in [3.8, 4) is 0 Å². The molecule has 106 valence electrons. The molecular formula is C11H22ClN3O2S. The van der Waals surface area contributed by atoms with Crippen LogP contribution in [0.1, 0.15) is 26.2 Å². The van der Waals surface area contributed by atoms with Crippen molar-refractivity contribution in [2.75, 3.05) is 18.8 Å². The molecule has 4 N–H and O–H groups in total. The minimum absolute atomic E-state index is 0. The molecule has 0 saturated heterocycles. The fourth-order valence-electron chi connectivity index (χ4n) is 2.01. The Labute approximate surface area is 118 Å². The zero-order valence-electron chi connectivity index (χ0n) is 10.6. The van der Waals surface area contributed by atoms with E-state index in [1.165, 1.54) is 6.42 Å². The number of amides is 2. The molecule has 1 aliphatic rings. The third-order valence-corrected chi connectivity index (χ3v) is 4.14. The monoisotopic (exact) mass is 295 g/mol. The highest BCUT2D eigenvalue weighted by Gasteiger charge is 2.28. The lowest BCUT2D eigenvalue weighted by Crippen LogP contribution is -2.45. The molecule has 7 heteroatoms. The van der Waals surface area contributed by atoms with Crippen LogP contribution in [0.15, 0.2) is 0 Å². The lowest BCUT2D eigenvalue weighted by molar-refractivity contribution is -0.125. The number of rotatable bonds is 6. The van der Waals surface area contributed by atoms with E-state index >= 15 is 0 Å². The summed E-state index contributed by atoms with van der Waals surface area (Å²) in [6.45, 7) is 2.07. The van der Waals surface area contributed by atoms with Crippen LogP contribution in [0.5, 0.6) is 0 Å². The van der Waals surface area contributed by atoms with Gasteiger partial charge in [0.1, 0.15) is 0 Å². The van der Waals surface area contributed by atoms with E-state index in [9.17, 15) is 9.59 Å². The quantitative estimate of drug-likeness (QED) is 0.657. The van der Waals surface area contributed by atoms with Crippen LogP contribution in [0.2, 0.25) is 0 Å². The molecule has 0 spiro atoms. The highest BCUT2D eigenvalue weighted by atomic mass is 35.5. The van der Waals surface area contributed by atoms with E-state index in [1.54, 1.807) is 0 Å². The van der Waals surface area contributed by atoms with Crippen molar-refractivity contribution in [2.45, 2.75) is 37.5 Å². The molecule has 1 fully saturated rings. The van der Waals surface area contributed by atoms with Crippen molar-refractivity contribution in [3.05, 3.63) is 0 Å². The van der Waals surface area contributed by atoms with E-state index in [0.29, 0.717) is 5.25 Å². The maximum absolute atomic E-state index is 11.6. The molecule has 2 unspecified atom stereocenters. The number of halogens is 1. The highest BCUT2D eigenvalue weighted by Crippen LogP contribution is 2.29. The summed E-state index contributed by atoms with van der Waals surface area (Å²) in [7, 11) is 0. The predicted molar refractivity (Wildman–Crippen MR) is 77.0 cm³/mol. The van der Waals surface area contributed by atoms with Gasteiger partial charge in [0.25, 0.3) is 0 Å². The Morgan fingerprint density at radius 1 is 1.33 bits per heavy atom. The van der Waals surface area contributed by atoms with E-state index in [1.807, 2.05) is 11.8 Å². The van der Waals surface area contributed by atoms with Crippen LogP contribution in [0.3, 0.4) is 0 Å². The zero-order valence-corrected chi connectivity index (χ0v) is 12.2. The second kappa shape index (κ2) is 9.47. The number of hydrogen-bond acceptors (Lipinski definition) is 4. The van der Waals surface area contributed by atoms with Crippen LogP contribution in [0, 0.1) is 0 Å². The van der Waals surface area contributed by atoms with Gasteiger partial charge in [-0.1, -0.05) is 13.3 Å². The van der Waals surface area contributed by atoms with Gasteiger partial charge in [-0.2, -0.15) is 11.8 Å². The average Bonchev–Trinajstić information content (AvgIpc) is 2.74. The molecule has 2 amide bonds. The lowest BCUT2D eigenvalue weighted by Gasteiger charge is -2.20. The van der Waals surface area contributed by atoms with E-state index in [2.05, 4.69) is 17.6 Å². The molecule has 0 aliphatic heterocycles. The smallest absolute Gasteiger partial charge is 0.239 e. The van der Waals surface area contributed by atoms with Gasteiger partial charge in [0.05, 0.1) is 13.1 Å². The van der Waals surface area contributed by atoms with Crippen molar-refractivity contribution in [3.63, 3.8) is 0 Å². The minimum atomic E-state index is -0.300. The van der Waals surface area contributed by atoms with Crippen molar-refractivity contribution >= 4 is 36.0 Å². The highest BCUT2D eigenvalue weighted by molar-refractivity contribution is 7.99. The molecule has 0 bridgehead atoms. The second-order valence-electron chi connectivity index (χ2n) is 4.08. The summed E-state index contributed by atoms with van der Waals surface area (Å²) in [5, 5.41) is 5.97. The molecule has 1 saturated carbocycles. The SMILES string of the molecule is CCSC1CCCC1NC(=O)CNC(=O)CN.Cl. The largest absolute Gasteiger partial charge is 0.351 e. The summed E-state index contributed by atoms with van der Waals surface area (Å²) < 4.78 is 0. The minimum Gasteiger partial charge on any atom is -0.351 e. The van der Waals surface area contributed by atoms with Crippen molar-refractivity contribution in [1.82, 2.24) is 10.6 Å². The zero-order chi connectivity index (χ0) is 12.7. The number of thioether (sulfide) groups is 1. The molecule has 0 heterocycles. The van der Waals surface area contributed by atoms with E-state index in [-0.39, 0.29) is 43.4 Å². The fraction of sp³-hybridized carbons (Fsp3) is 0.818. The molecule has 1 rings (SSSR count). The maximum Gasteiger partial charge on any atom is 0.239 e. The van der Waals surface area contributed by atoms with Gasteiger partial charge in [-0.15, -0.1) is 12.4 Å². The van der Waals surface area contributed by atoms with E-state index in [4.69, 9.17) is 5.73 Å². The van der Waals surface area contributed by atoms with Crippen LogP contribution in [-0.4, -0.2) is 41.9 Å². The molecule has 2 atom stereocenters. The number of hydrogen-bond donors (Lipinski definition) is 3. The summed E-state index contributed by atoms with van der Waals surface area (Å²) in [6, 6.07) is 0.252. The predicted octanol–water partition coefficient (Wildman–Crippen LogP) is 0.274. The third kappa shape index (κ3) is 5.93. The molecule has 5 nitrogen and oxygen atoms in total. The number of carbonyl (C=O) groups excluding carboxylic acids is 2. The van der Waals surface area contributed by atoms with Gasteiger partial charge in [-0.3, -0.25) is 9.59 Å². The first-order valence-electron chi connectivity index (χ1n) is 6.05. The molecule has 18 heavy (non-hydrogen) atoms. The van der Waals surface area contributed by atoms with Gasteiger partial charge in [-0.05, 0) is 18.6 Å². The summed E-state index contributed by atoms with van der Waals surface area (Å²) in [5.41, 5.74) is 5.14. The second-order valence-corrected chi connectivity index (χ2v) is 5.60. The molecule has 0 aromatic heterocycles. The number of nitrogens with one attached hydrogen (secondary N) is 2. The Bertz CT molecular complexity index is 279. The molecule has 0 radical (unpaired) electrons. The van der Waals surface area contributed by atoms with Crippen molar-refractivity contribution < 1.29 is 9.59 Å². The Morgan fingerprint density at radius 3 is 2.67 bits per heavy atom. The van der Waals surface area contributed by atoms with Gasteiger partial charge in [0.2, 0.25) is 11.8 Å². The van der Waals surface area contributed by atoms with Gasteiger partial charge in [0.15, 0.2) is 0 Å². The summed E-state index contributed by atoms with van der Waals surface area (Å²) in [4.78, 5) is 22.5. The topological polar surface area (TPSA) is 84.2 Å². The maximum atomic E-state index is 11.6. The Hall–Kier alpha value is -0.460. The Kier molecular flexibility index (Phi) is 9.23. The van der Waals surface area contributed by atoms with Crippen LogP contribution >= 0.6 is 24.2 Å². The first-order chi connectivity index (χ1) is 8.17. The van der Waals surface area contributed by atoms with Crippen LogP contribution in [0.25, 0.3) is 0 Å². The van der Waals surface area contributed by atoms with E-state index < -0.39 is 0 Å². The van der Waals surface area contributed by atoms with Crippen LogP contribution < -0.4 is 16.4 Å². The molecule has 0 aromatic rings. The first-order valence-corrected chi connectivity index (χ1v) is 7.10. The van der Waals surface area contributed by atoms with Crippen molar-refractivity contribution in [1.29, 1.82) is 0 Å². The van der Waals surface area contributed by atoms with E-state index in [0.717, 1.165) is 18.6 Å². The van der Waals surface area contributed by atoms with Gasteiger partial charge in [-0.25, -0.2) is 0 Å². The molecule has 0 aromatic carbocycles. The Morgan fingerprint density at radius 2 is 2.06 bits per heavy atom. The summed E-state index contributed by atoms with van der Waals surface area (Å²) in [5.74, 6) is 0.646. The normalized spacial score (nSPS) is 22.1. The summed E-state index contributed by atoms with van der Waals surface area (Å²) >= 11 is 1.90. The number of carbonyl (C=O) groups is 2. The number of nitrogens with two attached hydrogens (primary N) is 1. The van der Waals surface area contributed by atoms with Crippen LogP contribution in [0.4, 0.5) is 0 Å². The standard InChI is InChI=1S/C11H21N3O2S.ClH/c1-2-17-9-5-3-4-8(9)14-11(16)7-13-10(15)6-12;/h8-9H,2-7,12H2,1H3,(H,13,15)(H,14,16);1H. The third-order valence-electron chi connectivity index (χ3n) is 2.81. The van der Waals surface area contributed by atoms with Gasteiger partial charge >= 0.3 is 0 Å². The average molecular weight is 296 g/mol. The summed E-state index contributed by atoms with van der Waals surface area (Å²) in [6.07, 6.45) is 3.37. The molecule has 1 aliphatic carbocycles. The van der Waals surface area contributed by atoms with Gasteiger partial charge in [0, 0.05) is 11.3 Å². The fourth-order valence-corrected chi connectivity index (χ4v) is 3.21.